The van der Waals surface area contributed by atoms with Crippen molar-refractivity contribution >= 4 is 0 Å². The average Bonchev–Trinajstić information content (AvgIpc) is 3.27. The molecule has 3 fully saturated rings. The van der Waals surface area contributed by atoms with E-state index in [1.165, 1.54) is 42.6 Å². The Bertz CT molecular complexity index is 418. The zero-order chi connectivity index (χ0) is 12.1. The van der Waals surface area contributed by atoms with Crippen molar-refractivity contribution in [1.29, 1.82) is 0 Å². The molecule has 2 N–H and O–H groups in total. The molecule has 1 aliphatic heterocycles. The molecule has 0 spiro atoms. The van der Waals surface area contributed by atoms with E-state index in [-0.39, 0.29) is 6.10 Å². The molecule has 2 heterocycles. The van der Waals surface area contributed by atoms with Gasteiger partial charge in [0.1, 0.15) is 0 Å². The first kappa shape index (κ1) is 11.0. The monoisotopic (exact) mass is 247 g/mol. The molecule has 2 unspecified atom stereocenters. The molecule has 98 valence electrons. The van der Waals surface area contributed by atoms with Gasteiger partial charge in [0.2, 0.25) is 0 Å². The van der Waals surface area contributed by atoms with Crippen LogP contribution in [0, 0.1) is 0 Å². The lowest BCUT2D eigenvalue weighted by molar-refractivity contribution is -0.0295. The lowest BCUT2D eigenvalue weighted by atomic mass is 10.00. The lowest BCUT2D eigenvalue weighted by Crippen LogP contribution is -2.39. The van der Waals surface area contributed by atoms with Crippen LogP contribution in [-0.2, 0) is 4.74 Å². The van der Waals surface area contributed by atoms with Gasteiger partial charge in [0.15, 0.2) is 0 Å². The molecule has 2 atom stereocenters. The molecular weight excluding hydrogens is 226 g/mol. The summed E-state index contributed by atoms with van der Waals surface area (Å²) in [7, 11) is 0. The smallest absolute Gasteiger partial charge is 0.0989 e. The molecule has 4 nitrogen and oxygen atoms in total. The van der Waals surface area contributed by atoms with Crippen LogP contribution in [0.2, 0.25) is 0 Å². The van der Waals surface area contributed by atoms with Crippen molar-refractivity contribution in [2.45, 2.75) is 56.7 Å². The molecule has 2 aliphatic carbocycles. The molecule has 0 radical (unpaired) electrons. The van der Waals surface area contributed by atoms with Gasteiger partial charge in [-0.2, -0.15) is 5.10 Å². The Morgan fingerprint density at radius 3 is 2.56 bits per heavy atom. The Balaban J connectivity index is 1.69. The fourth-order valence-electron chi connectivity index (χ4n) is 3.03. The van der Waals surface area contributed by atoms with Crippen LogP contribution in [0.4, 0.5) is 0 Å². The van der Waals surface area contributed by atoms with Crippen molar-refractivity contribution in [3.63, 3.8) is 0 Å². The van der Waals surface area contributed by atoms with Crippen molar-refractivity contribution in [3.8, 4) is 0 Å². The third-order valence-electron chi connectivity index (χ3n) is 4.29. The van der Waals surface area contributed by atoms with Crippen molar-refractivity contribution in [2.24, 2.45) is 0 Å². The summed E-state index contributed by atoms with van der Waals surface area (Å²) in [6.45, 7) is 4.04. The zero-order valence-corrected chi connectivity index (χ0v) is 10.9. The molecular formula is C14H21N3O. The first-order valence-electron chi connectivity index (χ1n) is 7.27. The van der Waals surface area contributed by atoms with E-state index in [1.807, 2.05) is 0 Å². The summed E-state index contributed by atoms with van der Waals surface area (Å²) in [4.78, 5) is 0. The highest BCUT2D eigenvalue weighted by Gasteiger charge is 2.38. The summed E-state index contributed by atoms with van der Waals surface area (Å²) in [5.74, 6) is 1.42. The van der Waals surface area contributed by atoms with Gasteiger partial charge in [0.25, 0.3) is 0 Å². The molecule has 1 aromatic heterocycles. The van der Waals surface area contributed by atoms with Crippen LogP contribution >= 0.6 is 0 Å². The molecule has 0 aromatic carbocycles. The molecule has 1 saturated heterocycles. The summed E-state index contributed by atoms with van der Waals surface area (Å²) in [5.41, 5.74) is 4.08. The number of rotatable bonds is 3. The molecule has 18 heavy (non-hydrogen) atoms. The number of aromatic amines is 1. The van der Waals surface area contributed by atoms with Gasteiger partial charge in [-0.3, -0.25) is 5.10 Å². The largest absolute Gasteiger partial charge is 0.368 e. The number of nitrogens with one attached hydrogen (secondary N) is 2. The minimum Gasteiger partial charge on any atom is -0.368 e. The van der Waals surface area contributed by atoms with E-state index >= 15 is 0 Å². The van der Waals surface area contributed by atoms with Crippen LogP contribution < -0.4 is 5.32 Å². The van der Waals surface area contributed by atoms with Gasteiger partial charge in [-0.25, -0.2) is 0 Å². The number of morpholine rings is 1. The molecule has 0 amide bonds. The Labute approximate surface area is 107 Å². The molecule has 0 bridgehead atoms. The van der Waals surface area contributed by atoms with E-state index in [0.29, 0.717) is 12.0 Å². The summed E-state index contributed by atoms with van der Waals surface area (Å²) >= 11 is 0. The fourth-order valence-corrected chi connectivity index (χ4v) is 3.03. The molecule has 1 aromatic rings. The zero-order valence-electron chi connectivity index (χ0n) is 10.9. The Morgan fingerprint density at radius 1 is 1.11 bits per heavy atom. The number of aromatic nitrogens is 2. The Kier molecular flexibility index (Phi) is 2.49. The topological polar surface area (TPSA) is 49.9 Å². The Hall–Kier alpha value is -0.870. The van der Waals surface area contributed by atoms with Crippen LogP contribution in [0.5, 0.6) is 0 Å². The highest BCUT2D eigenvalue weighted by atomic mass is 16.5. The first-order chi connectivity index (χ1) is 8.83. The van der Waals surface area contributed by atoms with Crippen LogP contribution in [0.1, 0.15) is 67.5 Å². The summed E-state index contributed by atoms with van der Waals surface area (Å²) < 4.78 is 6.15. The SMILES string of the molecule is CC1CNCC(c2c(C3CC3)n[nH]c2C2CC2)O1. The maximum Gasteiger partial charge on any atom is 0.0989 e. The van der Waals surface area contributed by atoms with Crippen LogP contribution in [0.3, 0.4) is 0 Å². The van der Waals surface area contributed by atoms with E-state index in [1.54, 1.807) is 0 Å². The van der Waals surface area contributed by atoms with Crippen LogP contribution in [0.25, 0.3) is 0 Å². The van der Waals surface area contributed by atoms with Gasteiger partial charge in [0, 0.05) is 36.2 Å². The van der Waals surface area contributed by atoms with Crippen molar-refractivity contribution < 1.29 is 4.74 Å². The van der Waals surface area contributed by atoms with Gasteiger partial charge < -0.3 is 10.1 Å². The van der Waals surface area contributed by atoms with E-state index in [2.05, 4.69) is 22.4 Å². The first-order valence-corrected chi connectivity index (χ1v) is 7.27. The summed E-state index contributed by atoms with van der Waals surface area (Å²) in [6, 6.07) is 0. The number of hydrogen-bond acceptors (Lipinski definition) is 3. The predicted molar refractivity (Wildman–Crippen MR) is 68.7 cm³/mol. The number of hydrogen-bond donors (Lipinski definition) is 2. The second-order valence-electron chi connectivity index (χ2n) is 6.08. The predicted octanol–water partition coefficient (Wildman–Crippen LogP) is 2.21. The maximum atomic E-state index is 6.15. The van der Waals surface area contributed by atoms with Gasteiger partial charge in [-0.05, 0) is 32.6 Å². The minimum atomic E-state index is 0.207. The maximum absolute atomic E-state index is 6.15. The molecule has 3 aliphatic rings. The standard InChI is InChI=1S/C14H21N3O/c1-8-6-15-7-11(18-8)12-13(9-2-3-9)16-17-14(12)10-4-5-10/h8-11,15H,2-7H2,1H3,(H,16,17). The second kappa shape index (κ2) is 4.07. The normalized spacial score (nSPS) is 32.7. The Morgan fingerprint density at radius 2 is 1.89 bits per heavy atom. The minimum absolute atomic E-state index is 0.207. The van der Waals surface area contributed by atoms with Crippen LogP contribution in [0.15, 0.2) is 0 Å². The van der Waals surface area contributed by atoms with Gasteiger partial charge in [-0.15, -0.1) is 0 Å². The summed E-state index contributed by atoms with van der Waals surface area (Å²) in [5, 5.41) is 11.4. The van der Waals surface area contributed by atoms with E-state index in [9.17, 15) is 0 Å². The van der Waals surface area contributed by atoms with Crippen molar-refractivity contribution in [2.75, 3.05) is 13.1 Å². The van der Waals surface area contributed by atoms with E-state index < -0.39 is 0 Å². The van der Waals surface area contributed by atoms with Gasteiger partial charge in [-0.1, -0.05) is 0 Å². The third kappa shape index (κ3) is 1.88. The molecule has 4 rings (SSSR count). The number of nitrogens with zero attached hydrogens (tertiary/aromatic N) is 1. The highest BCUT2D eigenvalue weighted by Crippen LogP contribution is 2.48. The number of ether oxygens (including phenoxy) is 1. The van der Waals surface area contributed by atoms with Crippen molar-refractivity contribution in [3.05, 3.63) is 17.0 Å². The number of H-pyrrole nitrogens is 1. The van der Waals surface area contributed by atoms with Gasteiger partial charge in [0.05, 0.1) is 17.9 Å². The fraction of sp³-hybridized carbons (Fsp3) is 0.786. The second-order valence-corrected chi connectivity index (χ2v) is 6.08. The molecule has 4 heteroatoms. The van der Waals surface area contributed by atoms with Crippen molar-refractivity contribution in [1.82, 2.24) is 15.5 Å². The quantitative estimate of drug-likeness (QED) is 0.861. The third-order valence-corrected chi connectivity index (χ3v) is 4.29. The van der Waals surface area contributed by atoms with Crippen LogP contribution in [-0.4, -0.2) is 29.4 Å². The van der Waals surface area contributed by atoms with E-state index in [4.69, 9.17) is 4.74 Å². The average molecular weight is 247 g/mol. The highest BCUT2D eigenvalue weighted by molar-refractivity contribution is 5.37. The molecule has 2 saturated carbocycles. The van der Waals surface area contributed by atoms with Gasteiger partial charge >= 0.3 is 0 Å². The summed E-state index contributed by atoms with van der Waals surface area (Å²) in [6.07, 6.45) is 5.75. The van der Waals surface area contributed by atoms with E-state index in [0.717, 1.165) is 19.0 Å². The lowest BCUT2D eigenvalue weighted by Gasteiger charge is -2.29.